The molecule has 1 saturated heterocycles. The van der Waals surface area contributed by atoms with E-state index in [0.717, 1.165) is 44.2 Å². The van der Waals surface area contributed by atoms with Crippen LogP contribution in [-0.2, 0) is 14.6 Å². The molecule has 1 N–H and O–H groups in total. The molecule has 2 aromatic carbocycles. The van der Waals surface area contributed by atoms with Crippen molar-refractivity contribution in [3.8, 4) is 0 Å². The minimum Gasteiger partial charge on any atom is -0.322 e. The molecule has 0 bridgehead atoms. The number of hydrogen-bond acceptors (Lipinski definition) is 4. The Bertz CT molecular complexity index is 1020. The number of carbonyl (C=O) groups is 2. The smallest absolute Gasteiger partial charge is 0.255 e. The van der Waals surface area contributed by atoms with E-state index >= 15 is 0 Å². The summed E-state index contributed by atoms with van der Waals surface area (Å²) in [6, 6.07) is 13.4. The molecule has 0 aromatic heterocycles. The molecule has 0 atom stereocenters. The summed E-state index contributed by atoms with van der Waals surface area (Å²) in [5.41, 5.74) is 1.82. The van der Waals surface area contributed by atoms with Gasteiger partial charge in [-0.2, -0.15) is 0 Å². The summed E-state index contributed by atoms with van der Waals surface area (Å²) in [6.45, 7) is 0.709. The van der Waals surface area contributed by atoms with Gasteiger partial charge in [-0.3, -0.25) is 9.59 Å². The first-order valence-electron chi connectivity index (χ1n) is 10.5. The van der Waals surface area contributed by atoms with Crippen molar-refractivity contribution in [3.63, 3.8) is 0 Å². The first kappa shape index (κ1) is 20.6. The van der Waals surface area contributed by atoms with Gasteiger partial charge < -0.3 is 10.2 Å². The molecule has 1 aliphatic carbocycles. The normalized spacial score (nSPS) is 17.9. The topological polar surface area (TPSA) is 83.6 Å². The van der Waals surface area contributed by atoms with Crippen molar-refractivity contribution >= 4 is 33.0 Å². The van der Waals surface area contributed by atoms with Gasteiger partial charge in [0.25, 0.3) is 5.91 Å². The van der Waals surface area contributed by atoms with E-state index in [1.165, 1.54) is 0 Å². The molecule has 6 nitrogen and oxygen atoms in total. The fourth-order valence-corrected chi connectivity index (χ4v) is 6.05. The highest BCUT2D eigenvalue weighted by atomic mass is 32.2. The first-order chi connectivity index (χ1) is 14.4. The predicted octanol–water partition coefficient (Wildman–Crippen LogP) is 4.17. The second-order valence-corrected chi connectivity index (χ2v) is 10.2. The Kier molecular flexibility index (Phi) is 5.90. The van der Waals surface area contributed by atoms with E-state index in [-0.39, 0.29) is 17.1 Å². The monoisotopic (exact) mass is 426 g/mol. The summed E-state index contributed by atoms with van der Waals surface area (Å²) < 4.78 is 25.3. The van der Waals surface area contributed by atoms with Gasteiger partial charge in [-0.05, 0) is 74.2 Å². The van der Waals surface area contributed by atoms with Crippen LogP contribution < -0.4 is 10.2 Å². The van der Waals surface area contributed by atoms with Crippen LogP contribution in [0.4, 0.5) is 11.4 Å². The zero-order chi connectivity index (χ0) is 21.1. The van der Waals surface area contributed by atoms with Crippen LogP contribution in [0.15, 0.2) is 53.4 Å². The van der Waals surface area contributed by atoms with Crippen LogP contribution in [0.3, 0.4) is 0 Å². The Hall–Kier alpha value is -2.67. The Balaban J connectivity index is 1.42. The number of nitrogens with one attached hydrogen (secondary N) is 1. The molecular weight excluding hydrogens is 400 g/mol. The highest BCUT2D eigenvalue weighted by molar-refractivity contribution is 7.92. The number of sulfone groups is 1. The third-order valence-electron chi connectivity index (χ3n) is 5.95. The summed E-state index contributed by atoms with van der Waals surface area (Å²) in [7, 11) is -3.30. The second-order valence-electron chi connectivity index (χ2n) is 7.98. The number of carbonyl (C=O) groups excluding carboxylic acids is 2. The van der Waals surface area contributed by atoms with E-state index in [4.69, 9.17) is 0 Å². The molecule has 1 aliphatic heterocycles. The predicted molar refractivity (Wildman–Crippen MR) is 116 cm³/mol. The highest BCUT2D eigenvalue weighted by Crippen LogP contribution is 2.30. The average Bonchev–Trinajstić information content (AvgIpc) is 3.31. The molecule has 2 amide bonds. The van der Waals surface area contributed by atoms with Gasteiger partial charge in [0.1, 0.15) is 0 Å². The summed E-state index contributed by atoms with van der Waals surface area (Å²) >= 11 is 0. The average molecular weight is 427 g/mol. The number of rotatable bonds is 5. The molecule has 0 radical (unpaired) electrons. The summed E-state index contributed by atoms with van der Waals surface area (Å²) in [4.78, 5) is 26.7. The van der Waals surface area contributed by atoms with Crippen LogP contribution >= 0.6 is 0 Å². The number of nitrogens with zero attached hydrogens (tertiary/aromatic N) is 1. The van der Waals surface area contributed by atoms with Gasteiger partial charge in [0.2, 0.25) is 5.91 Å². The summed E-state index contributed by atoms with van der Waals surface area (Å²) in [5.74, 6) is -0.163. The largest absolute Gasteiger partial charge is 0.322 e. The minimum absolute atomic E-state index is 0.117. The highest BCUT2D eigenvalue weighted by Gasteiger charge is 2.30. The zero-order valence-electron chi connectivity index (χ0n) is 16.8. The maximum Gasteiger partial charge on any atom is 0.255 e. The molecular formula is C23H26N2O4S. The Morgan fingerprint density at radius 2 is 1.57 bits per heavy atom. The van der Waals surface area contributed by atoms with Crippen LogP contribution in [0.1, 0.15) is 55.3 Å². The molecule has 7 heteroatoms. The molecule has 0 spiro atoms. The van der Waals surface area contributed by atoms with Crippen LogP contribution in [0.25, 0.3) is 0 Å². The van der Waals surface area contributed by atoms with Gasteiger partial charge >= 0.3 is 0 Å². The van der Waals surface area contributed by atoms with Crippen molar-refractivity contribution < 1.29 is 18.0 Å². The molecule has 4 rings (SSSR count). The van der Waals surface area contributed by atoms with Gasteiger partial charge in [-0.15, -0.1) is 0 Å². The summed E-state index contributed by atoms with van der Waals surface area (Å²) in [5, 5.41) is 2.51. The first-order valence-corrected chi connectivity index (χ1v) is 12.1. The van der Waals surface area contributed by atoms with Gasteiger partial charge in [0, 0.05) is 29.9 Å². The number of hydrogen-bond donors (Lipinski definition) is 1. The lowest BCUT2D eigenvalue weighted by Crippen LogP contribution is -2.35. The van der Waals surface area contributed by atoms with Crippen molar-refractivity contribution in [1.29, 1.82) is 0 Å². The van der Waals surface area contributed by atoms with Gasteiger partial charge in [0.15, 0.2) is 9.84 Å². The van der Waals surface area contributed by atoms with Crippen LogP contribution in [-0.4, -0.2) is 32.0 Å². The molecule has 1 saturated carbocycles. The minimum atomic E-state index is -3.30. The van der Waals surface area contributed by atoms with Crippen molar-refractivity contribution in [2.45, 2.75) is 55.1 Å². The van der Waals surface area contributed by atoms with Crippen molar-refractivity contribution in [1.82, 2.24) is 0 Å². The maximum atomic E-state index is 12.7. The zero-order valence-corrected chi connectivity index (χ0v) is 17.7. The van der Waals surface area contributed by atoms with E-state index in [9.17, 15) is 18.0 Å². The fourth-order valence-electron chi connectivity index (χ4n) is 4.19. The van der Waals surface area contributed by atoms with Crippen LogP contribution in [0.5, 0.6) is 0 Å². The SMILES string of the molecule is O=C(Nc1ccc(S(=O)(=O)C2CCCC2)cc1)c1ccc(N2CCCCC2=O)cc1. The number of benzene rings is 2. The number of anilines is 2. The molecule has 2 fully saturated rings. The van der Waals surface area contributed by atoms with Crippen molar-refractivity contribution in [2.24, 2.45) is 0 Å². The van der Waals surface area contributed by atoms with Crippen LogP contribution in [0, 0.1) is 0 Å². The quantitative estimate of drug-likeness (QED) is 0.778. The number of piperidine rings is 1. The third-order valence-corrected chi connectivity index (χ3v) is 8.22. The van der Waals surface area contributed by atoms with E-state index < -0.39 is 9.84 Å². The molecule has 30 heavy (non-hydrogen) atoms. The van der Waals surface area contributed by atoms with Crippen molar-refractivity contribution in [2.75, 3.05) is 16.8 Å². The lowest BCUT2D eigenvalue weighted by molar-refractivity contribution is -0.119. The lowest BCUT2D eigenvalue weighted by atomic mass is 10.1. The maximum absolute atomic E-state index is 12.7. The van der Waals surface area contributed by atoms with E-state index in [2.05, 4.69) is 5.32 Å². The van der Waals surface area contributed by atoms with E-state index in [1.54, 1.807) is 53.4 Å². The second kappa shape index (κ2) is 8.60. The Morgan fingerprint density at radius 1 is 0.900 bits per heavy atom. The summed E-state index contributed by atoms with van der Waals surface area (Å²) in [6.07, 6.45) is 5.84. The molecule has 1 heterocycles. The number of amides is 2. The lowest BCUT2D eigenvalue weighted by Gasteiger charge is -2.26. The van der Waals surface area contributed by atoms with Gasteiger partial charge in [-0.1, -0.05) is 12.8 Å². The fraction of sp³-hybridized carbons (Fsp3) is 0.391. The Labute approximate surface area is 177 Å². The third kappa shape index (κ3) is 4.26. The molecule has 2 aliphatic rings. The molecule has 0 unspecified atom stereocenters. The van der Waals surface area contributed by atoms with Crippen molar-refractivity contribution in [3.05, 3.63) is 54.1 Å². The van der Waals surface area contributed by atoms with E-state index in [0.29, 0.717) is 29.1 Å². The molecule has 158 valence electrons. The van der Waals surface area contributed by atoms with Gasteiger partial charge in [-0.25, -0.2) is 8.42 Å². The van der Waals surface area contributed by atoms with Gasteiger partial charge in [0.05, 0.1) is 10.1 Å². The molecule has 2 aromatic rings. The standard InChI is InChI=1S/C23H26N2O4S/c26-22-7-3-4-16-25(22)19-12-8-17(9-13-19)23(27)24-18-10-14-21(15-11-18)30(28,29)20-5-1-2-6-20/h8-15,20H,1-7,16H2,(H,24,27). The van der Waals surface area contributed by atoms with Crippen LogP contribution in [0.2, 0.25) is 0 Å². The Morgan fingerprint density at radius 3 is 2.20 bits per heavy atom. The van der Waals surface area contributed by atoms with E-state index in [1.807, 2.05) is 0 Å².